The highest BCUT2D eigenvalue weighted by Crippen LogP contribution is 2.28. The molecule has 0 atom stereocenters. The van der Waals surface area contributed by atoms with Crippen LogP contribution in [0.2, 0.25) is 5.02 Å². The van der Waals surface area contributed by atoms with Crippen LogP contribution in [0.3, 0.4) is 0 Å². The second-order valence-corrected chi connectivity index (χ2v) is 6.93. The van der Waals surface area contributed by atoms with E-state index in [-0.39, 0.29) is 15.5 Å². The summed E-state index contributed by atoms with van der Waals surface area (Å²) in [4.78, 5) is 14.1. The molecule has 0 aliphatic carbocycles. The van der Waals surface area contributed by atoms with Crippen LogP contribution in [0.1, 0.15) is 17.3 Å². The molecule has 7 nitrogen and oxygen atoms in total. The molecule has 0 fully saturated rings. The average molecular weight is 385 g/mol. The summed E-state index contributed by atoms with van der Waals surface area (Å²) >= 11 is 5.78. The van der Waals surface area contributed by atoms with E-state index in [1.807, 2.05) is 11.8 Å². The summed E-state index contributed by atoms with van der Waals surface area (Å²) in [5, 5.41) is 0.269. The Balaban J connectivity index is 2.12. The Hall–Kier alpha value is -2.29. The highest BCUT2D eigenvalue weighted by molar-refractivity contribution is 7.89. The lowest BCUT2D eigenvalue weighted by Gasteiger charge is -2.12. The molecule has 0 spiro atoms. The molecule has 2 N–H and O–H groups in total. The first-order valence-electron chi connectivity index (χ1n) is 7.26. The van der Waals surface area contributed by atoms with Gasteiger partial charge in [0.15, 0.2) is 11.5 Å². The number of benzene rings is 2. The Bertz CT molecular complexity index is 871. The van der Waals surface area contributed by atoms with Crippen molar-refractivity contribution in [2.45, 2.75) is 11.8 Å². The molecule has 0 heterocycles. The minimum absolute atomic E-state index is 0.0652. The summed E-state index contributed by atoms with van der Waals surface area (Å²) in [5.41, 5.74) is 2.35. The first-order chi connectivity index (χ1) is 11.9. The van der Waals surface area contributed by atoms with Gasteiger partial charge >= 0.3 is 0 Å². The van der Waals surface area contributed by atoms with Crippen molar-refractivity contribution in [2.75, 3.05) is 13.7 Å². The van der Waals surface area contributed by atoms with Crippen LogP contribution in [0, 0.1) is 0 Å². The maximum absolute atomic E-state index is 12.2. The van der Waals surface area contributed by atoms with Gasteiger partial charge in [-0.2, -0.15) is 0 Å². The number of methoxy groups -OCH3 is 1. The summed E-state index contributed by atoms with van der Waals surface area (Å²) < 4.78 is 34.8. The zero-order valence-electron chi connectivity index (χ0n) is 13.6. The molecule has 0 aromatic heterocycles. The van der Waals surface area contributed by atoms with Crippen molar-refractivity contribution in [3.63, 3.8) is 0 Å². The lowest BCUT2D eigenvalue weighted by molar-refractivity contribution is 0.0944. The van der Waals surface area contributed by atoms with E-state index >= 15 is 0 Å². The Morgan fingerprint density at radius 2 is 1.92 bits per heavy atom. The standard InChI is InChI=1S/C16H17ClN2O5S/c1-3-24-14-8-7-11(9-15(14)23-2)16(20)18-19-25(21,22)13-6-4-5-12(17)10-13/h4-10,19H,3H2,1-2H3,(H,18,20). The van der Waals surface area contributed by atoms with Crippen LogP contribution >= 0.6 is 11.6 Å². The van der Waals surface area contributed by atoms with E-state index in [4.69, 9.17) is 21.1 Å². The smallest absolute Gasteiger partial charge is 0.266 e. The molecule has 1 amide bonds. The minimum atomic E-state index is -3.94. The number of amides is 1. The predicted octanol–water partition coefficient (Wildman–Crippen LogP) is 2.37. The zero-order valence-corrected chi connectivity index (χ0v) is 15.1. The van der Waals surface area contributed by atoms with E-state index < -0.39 is 15.9 Å². The third-order valence-electron chi connectivity index (χ3n) is 3.13. The molecule has 0 aliphatic heterocycles. The van der Waals surface area contributed by atoms with Crippen LogP contribution in [-0.2, 0) is 10.0 Å². The molecule has 0 bridgehead atoms. The zero-order chi connectivity index (χ0) is 18.4. The third kappa shape index (κ3) is 4.85. The summed E-state index contributed by atoms with van der Waals surface area (Å²) in [7, 11) is -2.49. The minimum Gasteiger partial charge on any atom is -0.493 e. The number of rotatable bonds is 7. The second-order valence-electron chi connectivity index (χ2n) is 4.82. The molecule has 0 saturated heterocycles. The van der Waals surface area contributed by atoms with Crippen LogP contribution in [0.15, 0.2) is 47.4 Å². The number of nitrogens with one attached hydrogen (secondary N) is 2. The summed E-state index contributed by atoms with van der Waals surface area (Å²) in [6.45, 7) is 2.27. The fourth-order valence-electron chi connectivity index (χ4n) is 1.96. The fourth-order valence-corrected chi connectivity index (χ4v) is 3.10. The first-order valence-corrected chi connectivity index (χ1v) is 9.12. The monoisotopic (exact) mass is 384 g/mol. The molecule has 2 rings (SSSR count). The van der Waals surface area contributed by atoms with Gasteiger partial charge < -0.3 is 9.47 Å². The van der Waals surface area contributed by atoms with Crippen molar-refractivity contribution >= 4 is 27.5 Å². The van der Waals surface area contributed by atoms with Crippen molar-refractivity contribution in [1.29, 1.82) is 0 Å². The number of halogens is 1. The SMILES string of the molecule is CCOc1ccc(C(=O)NNS(=O)(=O)c2cccc(Cl)c2)cc1OC. The molecule has 0 saturated carbocycles. The van der Waals surface area contributed by atoms with E-state index in [9.17, 15) is 13.2 Å². The van der Waals surface area contributed by atoms with Gasteiger partial charge in [0.2, 0.25) is 0 Å². The number of hydrogen-bond acceptors (Lipinski definition) is 5. The lowest BCUT2D eigenvalue weighted by Crippen LogP contribution is -2.41. The van der Waals surface area contributed by atoms with E-state index in [0.29, 0.717) is 18.1 Å². The topological polar surface area (TPSA) is 93.7 Å². The Labute approximate surface area is 150 Å². The van der Waals surface area contributed by atoms with Gasteiger partial charge in [-0.05, 0) is 43.3 Å². The summed E-state index contributed by atoms with van der Waals surface area (Å²) in [6, 6.07) is 10.2. The number of ether oxygens (including phenoxy) is 2. The molecule has 0 aliphatic rings. The second kappa shape index (κ2) is 8.19. The Morgan fingerprint density at radius 1 is 1.16 bits per heavy atom. The van der Waals surface area contributed by atoms with Crippen molar-refractivity contribution in [1.82, 2.24) is 10.3 Å². The number of hydrogen-bond donors (Lipinski definition) is 2. The van der Waals surface area contributed by atoms with E-state index in [1.165, 1.54) is 37.4 Å². The lowest BCUT2D eigenvalue weighted by atomic mass is 10.2. The third-order valence-corrected chi connectivity index (χ3v) is 4.61. The van der Waals surface area contributed by atoms with Crippen molar-refractivity contribution in [2.24, 2.45) is 0 Å². The molecule has 2 aromatic carbocycles. The molecule has 0 unspecified atom stereocenters. The van der Waals surface area contributed by atoms with Crippen molar-refractivity contribution in [3.8, 4) is 11.5 Å². The van der Waals surface area contributed by atoms with Gasteiger partial charge in [-0.1, -0.05) is 17.7 Å². The maximum Gasteiger partial charge on any atom is 0.266 e. The van der Waals surface area contributed by atoms with Crippen LogP contribution in [0.5, 0.6) is 11.5 Å². The molecule has 25 heavy (non-hydrogen) atoms. The van der Waals surface area contributed by atoms with Crippen LogP contribution in [0.25, 0.3) is 0 Å². The van der Waals surface area contributed by atoms with E-state index in [0.717, 1.165) is 0 Å². The van der Waals surface area contributed by atoms with E-state index in [2.05, 4.69) is 5.43 Å². The van der Waals surface area contributed by atoms with Crippen LogP contribution in [-0.4, -0.2) is 28.0 Å². The quantitative estimate of drug-likeness (QED) is 0.715. The van der Waals surface area contributed by atoms with Gasteiger partial charge in [-0.25, -0.2) is 8.42 Å². The van der Waals surface area contributed by atoms with E-state index in [1.54, 1.807) is 12.1 Å². The normalized spacial score (nSPS) is 11.0. The van der Waals surface area contributed by atoms with Crippen LogP contribution < -0.4 is 19.7 Å². The predicted molar refractivity (Wildman–Crippen MR) is 93.4 cm³/mol. The number of carbonyl (C=O) groups is 1. The number of hydrazine groups is 1. The summed E-state index contributed by atoms with van der Waals surface area (Å²) in [6.07, 6.45) is 0. The number of carbonyl (C=O) groups excluding carboxylic acids is 1. The maximum atomic E-state index is 12.2. The van der Waals surface area contributed by atoms with Crippen LogP contribution in [0.4, 0.5) is 0 Å². The Kier molecular flexibility index (Phi) is 6.24. The van der Waals surface area contributed by atoms with Gasteiger partial charge in [0.05, 0.1) is 18.6 Å². The van der Waals surface area contributed by atoms with Gasteiger partial charge in [-0.15, -0.1) is 4.83 Å². The average Bonchev–Trinajstić information content (AvgIpc) is 2.60. The molecule has 2 aromatic rings. The largest absolute Gasteiger partial charge is 0.493 e. The molecular formula is C16H17ClN2O5S. The Morgan fingerprint density at radius 3 is 2.56 bits per heavy atom. The highest BCUT2D eigenvalue weighted by atomic mass is 35.5. The van der Waals surface area contributed by atoms with Gasteiger partial charge in [0.25, 0.3) is 15.9 Å². The van der Waals surface area contributed by atoms with Crippen molar-refractivity contribution < 1.29 is 22.7 Å². The fraction of sp³-hybridized carbons (Fsp3) is 0.188. The molecule has 9 heteroatoms. The molecule has 0 radical (unpaired) electrons. The highest BCUT2D eigenvalue weighted by Gasteiger charge is 2.17. The van der Waals surface area contributed by atoms with Gasteiger partial charge in [0.1, 0.15) is 0 Å². The number of sulfonamides is 1. The first kappa shape index (κ1) is 19.0. The molecular weight excluding hydrogens is 368 g/mol. The van der Waals surface area contributed by atoms with Crippen molar-refractivity contribution in [3.05, 3.63) is 53.1 Å². The molecule has 134 valence electrons. The van der Waals surface area contributed by atoms with Gasteiger partial charge in [-0.3, -0.25) is 10.2 Å². The van der Waals surface area contributed by atoms with Gasteiger partial charge in [0, 0.05) is 10.6 Å². The summed E-state index contributed by atoms with van der Waals surface area (Å²) in [5.74, 6) is 0.209.